The van der Waals surface area contributed by atoms with Gasteiger partial charge in [0, 0.05) is 13.0 Å². The van der Waals surface area contributed by atoms with E-state index in [4.69, 9.17) is 0 Å². The quantitative estimate of drug-likeness (QED) is 0.579. The monoisotopic (exact) mass is 219 g/mol. The maximum absolute atomic E-state index is 12.2. The third kappa shape index (κ3) is 1.94. The van der Waals surface area contributed by atoms with Crippen molar-refractivity contribution in [2.45, 2.75) is 32.1 Å². The fourth-order valence-corrected chi connectivity index (χ4v) is 2.47. The van der Waals surface area contributed by atoms with Gasteiger partial charge in [0.25, 0.3) is 0 Å². The highest BCUT2D eigenvalue weighted by atomic mass is 16.1. The Bertz CT molecular complexity index is 400. The van der Waals surface area contributed by atoms with Gasteiger partial charge in [-0.1, -0.05) is 19.3 Å². The number of aldehydes is 1. The number of carbonyl (C=O) groups excluding carboxylic acids is 2. The van der Waals surface area contributed by atoms with Crippen LogP contribution in [0.1, 0.15) is 53.1 Å². The summed E-state index contributed by atoms with van der Waals surface area (Å²) in [6, 6.07) is 3.48. The van der Waals surface area contributed by atoms with E-state index in [-0.39, 0.29) is 11.7 Å². The predicted molar refractivity (Wildman–Crippen MR) is 61.7 cm³/mol. The first kappa shape index (κ1) is 11.1. The topological polar surface area (TPSA) is 39.1 Å². The van der Waals surface area contributed by atoms with Gasteiger partial charge in [0.1, 0.15) is 0 Å². The smallest absolute Gasteiger partial charge is 0.182 e. The molecular formula is C13H17NO2. The molecule has 16 heavy (non-hydrogen) atoms. The molecule has 0 amide bonds. The van der Waals surface area contributed by atoms with Crippen molar-refractivity contribution in [2.24, 2.45) is 13.0 Å². The zero-order valence-electron chi connectivity index (χ0n) is 9.61. The van der Waals surface area contributed by atoms with Crippen molar-refractivity contribution >= 4 is 12.1 Å². The van der Waals surface area contributed by atoms with Crippen LogP contribution < -0.4 is 0 Å². The molecule has 0 radical (unpaired) electrons. The maximum Gasteiger partial charge on any atom is 0.182 e. The van der Waals surface area contributed by atoms with Crippen LogP contribution in [0, 0.1) is 5.92 Å². The van der Waals surface area contributed by atoms with Crippen molar-refractivity contribution < 1.29 is 9.59 Å². The van der Waals surface area contributed by atoms with Gasteiger partial charge in [-0.3, -0.25) is 9.59 Å². The zero-order valence-corrected chi connectivity index (χ0v) is 9.61. The first-order valence-corrected chi connectivity index (χ1v) is 5.89. The Balaban J connectivity index is 2.19. The molecule has 1 heterocycles. The van der Waals surface area contributed by atoms with E-state index in [2.05, 4.69) is 0 Å². The number of nitrogens with zero attached hydrogens (tertiary/aromatic N) is 1. The molecule has 3 nitrogen and oxygen atoms in total. The van der Waals surface area contributed by atoms with Crippen molar-refractivity contribution in [3.63, 3.8) is 0 Å². The molecule has 0 N–H and O–H groups in total. The third-order valence-electron chi connectivity index (χ3n) is 3.51. The minimum Gasteiger partial charge on any atom is -0.339 e. The van der Waals surface area contributed by atoms with Gasteiger partial charge >= 0.3 is 0 Å². The van der Waals surface area contributed by atoms with Crippen LogP contribution in [0.4, 0.5) is 0 Å². The van der Waals surface area contributed by atoms with Crippen molar-refractivity contribution in [3.05, 3.63) is 23.5 Å². The first-order valence-electron chi connectivity index (χ1n) is 5.89. The average Bonchev–Trinajstić information content (AvgIpc) is 2.70. The molecule has 1 aromatic rings. The summed E-state index contributed by atoms with van der Waals surface area (Å²) in [6.45, 7) is 0. The van der Waals surface area contributed by atoms with Crippen LogP contribution in [0.15, 0.2) is 12.1 Å². The van der Waals surface area contributed by atoms with E-state index in [9.17, 15) is 9.59 Å². The lowest BCUT2D eigenvalue weighted by atomic mass is 9.85. The molecule has 2 rings (SSSR count). The average molecular weight is 219 g/mol. The highest BCUT2D eigenvalue weighted by Crippen LogP contribution is 2.27. The Morgan fingerprint density at radius 3 is 2.56 bits per heavy atom. The molecule has 1 aliphatic rings. The van der Waals surface area contributed by atoms with Crippen LogP contribution in [0.2, 0.25) is 0 Å². The molecular weight excluding hydrogens is 202 g/mol. The van der Waals surface area contributed by atoms with Crippen LogP contribution in [0.5, 0.6) is 0 Å². The van der Waals surface area contributed by atoms with Gasteiger partial charge in [0.2, 0.25) is 0 Å². The summed E-state index contributed by atoms with van der Waals surface area (Å²) in [6.07, 6.45) is 6.35. The number of Topliss-reactive ketones (excluding diaryl/α,β-unsaturated/α-hetero) is 1. The molecule has 0 unspecified atom stereocenters. The van der Waals surface area contributed by atoms with Crippen LogP contribution in [0.25, 0.3) is 0 Å². The molecule has 0 aromatic carbocycles. The van der Waals surface area contributed by atoms with Gasteiger partial charge in [0.15, 0.2) is 12.1 Å². The van der Waals surface area contributed by atoms with Gasteiger partial charge in [-0.15, -0.1) is 0 Å². The van der Waals surface area contributed by atoms with Crippen LogP contribution >= 0.6 is 0 Å². The van der Waals surface area contributed by atoms with E-state index in [1.54, 1.807) is 23.7 Å². The molecule has 0 atom stereocenters. The Morgan fingerprint density at radius 2 is 2.00 bits per heavy atom. The van der Waals surface area contributed by atoms with E-state index >= 15 is 0 Å². The van der Waals surface area contributed by atoms with E-state index in [0.717, 1.165) is 32.0 Å². The Hall–Kier alpha value is -1.38. The lowest BCUT2D eigenvalue weighted by molar-refractivity contribution is 0.0881. The van der Waals surface area contributed by atoms with Crippen LogP contribution in [-0.2, 0) is 7.05 Å². The number of hydrogen-bond donors (Lipinski definition) is 0. The molecule has 1 saturated carbocycles. The normalized spacial score (nSPS) is 17.3. The highest BCUT2D eigenvalue weighted by molar-refractivity contribution is 5.97. The third-order valence-corrected chi connectivity index (χ3v) is 3.51. The first-order chi connectivity index (χ1) is 7.74. The predicted octanol–water partition coefficient (Wildman–Crippen LogP) is 2.60. The van der Waals surface area contributed by atoms with Gasteiger partial charge in [-0.05, 0) is 25.0 Å². The van der Waals surface area contributed by atoms with Crippen molar-refractivity contribution in [2.75, 3.05) is 0 Å². The summed E-state index contributed by atoms with van der Waals surface area (Å²) in [5.74, 6) is 0.372. The minimum absolute atomic E-state index is 0.168. The second-order valence-corrected chi connectivity index (χ2v) is 4.52. The van der Waals surface area contributed by atoms with Crippen LogP contribution in [-0.4, -0.2) is 16.6 Å². The summed E-state index contributed by atoms with van der Waals surface area (Å²) in [4.78, 5) is 22.9. The lowest BCUT2D eigenvalue weighted by Gasteiger charge is -2.20. The van der Waals surface area contributed by atoms with Crippen molar-refractivity contribution in [3.8, 4) is 0 Å². The van der Waals surface area contributed by atoms with E-state index in [1.807, 2.05) is 0 Å². The van der Waals surface area contributed by atoms with Gasteiger partial charge < -0.3 is 4.57 Å². The molecule has 0 spiro atoms. The van der Waals surface area contributed by atoms with Crippen molar-refractivity contribution in [1.29, 1.82) is 0 Å². The molecule has 0 saturated heterocycles. The van der Waals surface area contributed by atoms with E-state index < -0.39 is 0 Å². The Morgan fingerprint density at radius 1 is 1.31 bits per heavy atom. The summed E-state index contributed by atoms with van der Waals surface area (Å²) in [5, 5.41) is 0. The van der Waals surface area contributed by atoms with E-state index in [1.165, 1.54) is 6.42 Å². The summed E-state index contributed by atoms with van der Waals surface area (Å²) in [7, 11) is 1.78. The van der Waals surface area contributed by atoms with Crippen molar-refractivity contribution in [1.82, 2.24) is 4.57 Å². The number of hydrogen-bond acceptors (Lipinski definition) is 2. The van der Waals surface area contributed by atoms with Gasteiger partial charge in [-0.25, -0.2) is 0 Å². The fraction of sp³-hybridized carbons (Fsp3) is 0.538. The second kappa shape index (κ2) is 4.64. The zero-order chi connectivity index (χ0) is 11.5. The Labute approximate surface area is 95.5 Å². The summed E-state index contributed by atoms with van der Waals surface area (Å²) in [5.41, 5.74) is 1.24. The lowest BCUT2D eigenvalue weighted by Crippen LogP contribution is -2.20. The molecule has 3 heteroatoms. The largest absolute Gasteiger partial charge is 0.339 e. The van der Waals surface area contributed by atoms with Gasteiger partial charge in [-0.2, -0.15) is 0 Å². The number of aromatic nitrogens is 1. The summed E-state index contributed by atoms with van der Waals surface area (Å²) >= 11 is 0. The standard InChI is InChI=1S/C13H17NO2/c1-14-11(9-15)7-8-12(14)13(16)10-5-3-2-4-6-10/h7-10H,2-6H2,1H3. The molecule has 1 aromatic heterocycles. The van der Waals surface area contributed by atoms with Gasteiger partial charge in [0.05, 0.1) is 11.4 Å². The second-order valence-electron chi connectivity index (χ2n) is 4.52. The fourth-order valence-electron chi connectivity index (χ4n) is 2.47. The highest BCUT2D eigenvalue weighted by Gasteiger charge is 2.24. The molecule has 1 fully saturated rings. The van der Waals surface area contributed by atoms with Crippen LogP contribution in [0.3, 0.4) is 0 Å². The number of rotatable bonds is 3. The minimum atomic E-state index is 0.168. The molecule has 0 bridgehead atoms. The maximum atomic E-state index is 12.2. The molecule has 86 valence electrons. The summed E-state index contributed by atoms with van der Waals surface area (Å²) < 4.78 is 1.70. The Kier molecular flexibility index (Phi) is 3.22. The molecule has 0 aliphatic heterocycles. The number of carbonyl (C=O) groups is 2. The SMILES string of the molecule is Cn1c(C=O)ccc1C(=O)C1CCCCC1. The van der Waals surface area contributed by atoms with E-state index in [0.29, 0.717) is 11.4 Å². The molecule has 1 aliphatic carbocycles. The number of ketones is 1.